The van der Waals surface area contributed by atoms with Gasteiger partial charge in [-0.15, -0.1) is 0 Å². The molecule has 0 saturated heterocycles. The van der Waals surface area contributed by atoms with E-state index in [1.54, 1.807) is 37.3 Å². The van der Waals surface area contributed by atoms with Gasteiger partial charge in [0.25, 0.3) is 5.91 Å². The highest BCUT2D eigenvalue weighted by molar-refractivity contribution is 6.32. The zero-order chi connectivity index (χ0) is 16.8. The highest BCUT2D eigenvalue weighted by Crippen LogP contribution is 2.27. The Balaban J connectivity index is 2.07. The second-order valence-corrected chi connectivity index (χ2v) is 5.11. The number of nitriles is 1. The lowest BCUT2D eigenvalue weighted by Gasteiger charge is -2.16. The number of anilines is 1. The molecule has 0 saturated carbocycles. The third-order valence-electron chi connectivity index (χ3n) is 3.10. The van der Waals surface area contributed by atoms with Gasteiger partial charge in [-0.3, -0.25) is 4.79 Å². The molecule has 2 aromatic carbocycles. The van der Waals surface area contributed by atoms with Crippen LogP contribution in [0, 0.1) is 11.3 Å². The number of ether oxygens (including phenoxy) is 2. The van der Waals surface area contributed by atoms with Crippen LogP contribution in [-0.2, 0) is 4.79 Å². The molecule has 1 N–H and O–H groups in total. The first-order valence-corrected chi connectivity index (χ1v) is 7.23. The Kier molecular flexibility index (Phi) is 5.45. The van der Waals surface area contributed by atoms with Gasteiger partial charge in [0.1, 0.15) is 11.5 Å². The first-order valence-electron chi connectivity index (χ1n) is 6.85. The summed E-state index contributed by atoms with van der Waals surface area (Å²) in [6.07, 6.45) is -0.773. The molecule has 0 heterocycles. The van der Waals surface area contributed by atoms with Crippen LogP contribution in [0.2, 0.25) is 5.02 Å². The molecule has 0 aromatic heterocycles. The molecule has 0 spiro atoms. The minimum Gasteiger partial charge on any atom is -0.495 e. The number of amides is 1. The van der Waals surface area contributed by atoms with E-state index in [4.69, 9.17) is 26.3 Å². The van der Waals surface area contributed by atoms with E-state index >= 15 is 0 Å². The standard InChI is InChI=1S/C17H15ClN2O3/c1-11(23-15-8-7-12(10-19)9-13(15)18)17(21)20-14-5-3-4-6-16(14)22-2/h3-9,11H,1-2H3,(H,20,21)/t11-/m0/s1. The van der Waals surface area contributed by atoms with Crippen LogP contribution < -0.4 is 14.8 Å². The summed E-state index contributed by atoms with van der Waals surface area (Å²) in [4.78, 5) is 12.2. The number of hydrogen-bond donors (Lipinski definition) is 1. The van der Waals surface area contributed by atoms with Crippen molar-refractivity contribution in [2.45, 2.75) is 13.0 Å². The molecule has 1 atom stereocenters. The molecule has 0 aliphatic heterocycles. The van der Waals surface area contributed by atoms with E-state index < -0.39 is 6.10 Å². The number of methoxy groups -OCH3 is 1. The van der Waals surface area contributed by atoms with E-state index in [0.717, 1.165) is 0 Å². The van der Waals surface area contributed by atoms with Crippen LogP contribution in [0.3, 0.4) is 0 Å². The summed E-state index contributed by atoms with van der Waals surface area (Å²) < 4.78 is 10.7. The fourth-order valence-corrected chi connectivity index (χ4v) is 2.12. The molecule has 0 radical (unpaired) electrons. The van der Waals surface area contributed by atoms with Crippen molar-refractivity contribution in [1.29, 1.82) is 5.26 Å². The predicted octanol–water partition coefficient (Wildman–Crippen LogP) is 3.63. The molecule has 23 heavy (non-hydrogen) atoms. The van der Waals surface area contributed by atoms with Gasteiger partial charge in [-0.05, 0) is 37.3 Å². The predicted molar refractivity (Wildman–Crippen MR) is 87.9 cm³/mol. The largest absolute Gasteiger partial charge is 0.495 e. The number of carbonyl (C=O) groups is 1. The van der Waals surface area contributed by atoms with Crippen molar-refractivity contribution in [2.75, 3.05) is 12.4 Å². The molecule has 1 amide bonds. The Morgan fingerprint density at radius 3 is 2.65 bits per heavy atom. The van der Waals surface area contributed by atoms with E-state index in [9.17, 15) is 4.79 Å². The zero-order valence-electron chi connectivity index (χ0n) is 12.7. The summed E-state index contributed by atoms with van der Waals surface area (Å²) in [5, 5.41) is 11.8. The highest BCUT2D eigenvalue weighted by Gasteiger charge is 2.17. The summed E-state index contributed by atoms with van der Waals surface area (Å²) in [7, 11) is 1.53. The Morgan fingerprint density at radius 2 is 2.00 bits per heavy atom. The van der Waals surface area contributed by atoms with Crippen LogP contribution in [0.1, 0.15) is 12.5 Å². The van der Waals surface area contributed by atoms with Crippen molar-refractivity contribution in [3.63, 3.8) is 0 Å². The fourth-order valence-electron chi connectivity index (χ4n) is 1.89. The van der Waals surface area contributed by atoms with E-state index in [2.05, 4.69) is 5.32 Å². The first kappa shape index (κ1) is 16.7. The van der Waals surface area contributed by atoms with Crippen molar-refractivity contribution in [1.82, 2.24) is 0 Å². The van der Waals surface area contributed by atoms with Crippen molar-refractivity contribution >= 4 is 23.2 Å². The van der Waals surface area contributed by atoms with Crippen molar-refractivity contribution < 1.29 is 14.3 Å². The first-order chi connectivity index (χ1) is 11.0. The smallest absolute Gasteiger partial charge is 0.265 e. The van der Waals surface area contributed by atoms with Crippen LogP contribution in [0.25, 0.3) is 0 Å². The Hall–Kier alpha value is -2.71. The average molecular weight is 331 g/mol. The number of benzene rings is 2. The summed E-state index contributed by atoms with van der Waals surface area (Å²) >= 11 is 6.04. The molecule has 2 rings (SSSR count). The number of para-hydroxylation sites is 2. The lowest BCUT2D eigenvalue weighted by Crippen LogP contribution is -2.30. The summed E-state index contributed by atoms with van der Waals surface area (Å²) in [6, 6.07) is 13.7. The number of hydrogen-bond acceptors (Lipinski definition) is 4. The third kappa shape index (κ3) is 4.15. The normalized spacial score (nSPS) is 11.2. The Morgan fingerprint density at radius 1 is 1.26 bits per heavy atom. The number of nitrogens with zero attached hydrogens (tertiary/aromatic N) is 1. The second kappa shape index (κ2) is 7.52. The Bertz CT molecular complexity index is 756. The van der Waals surface area contributed by atoms with Crippen LogP contribution in [0.5, 0.6) is 11.5 Å². The maximum absolute atomic E-state index is 12.2. The zero-order valence-corrected chi connectivity index (χ0v) is 13.4. The molecule has 0 aliphatic carbocycles. The van der Waals surface area contributed by atoms with Gasteiger partial charge in [-0.1, -0.05) is 23.7 Å². The van der Waals surface area contributed by atoms with Crippen molar-refractivity contribution in [3.05, 3.63) is 53.1 Å². The number of nitrogens with one attached hydrogen (secondary N) is 1. The van der Waals surface area contributed by atoms with Crippen LogP contribution >= 0.6 is 11.6 Å². The number of halogens is 1. The number of rotatable bonds is 5. The van der Waals surface area contributed by atoms with Gasteiger partial charge in [0.15, 0.2) is 6.10 Å². The maximum atomic E-state index is 12.2. The van der Waals surface area contributed by atoms with Gasteiger partial charge in [0, 0.05) is 0 Å². The van der Waals surface area contributed by atoms with Gasteiger partial charge in [0.05, 0.1) is 29.5 Å². The summed E-state index contributed by atoms with van der Waals surface area (Å²) in [5.41, 5.74) is 0.981. The lowest BCUT2D eigenvalue weighted by atomic mass is 10.2. The van der Waals surface area contributed by atoms with E-state index in [-0.39, 0.29) is 10.9 Å². The fraction of sp³-hybridized carbons (Fsp3) is 0.176. The molecule has 6 heteroatoms. The monoisotopic (exact) mass is 330 g/mol. The van der Waals surface area contributed by atoms with Crippen LogP contribution in [-0.4, -0.2) is 19.1 Å². The molecule has 0 unspecified atom stereocenters. The lowest BCUT2D eigenvalue weighted by molar-refractivity contribution is -0.122. The third-order valence-corrected chi connectivity index (χ3v) is 3.39. The van der Waals surface area contributed by atoms with Crippen LogP contribution in [0.4, 0.5) is 5.69 Å². The Labute approximate surface area is 139 Å². The average Bonchev–Trinajstić information content (AvgIpc) is 2.57. The van der Waals surface area contributed by atoms with Crippen LogP contribution in [0.15, 0.2) is 42.5 Å². The van der Waals surface area contributed by atoms with E-state index in [1.165, 1.54) is 13.2 Å². The van der Waals surface area contributed by atoms with Gasteiger partial charge in [0.2, 0.25) is 0 Å². The summed E-state index contributed by atoms with van der Waals surface area (Å²) in [6.45, 7) is 1.61. The van der Waals surface area contributed by atoms with Crippen molar-refractivity contribution in [2.24, 2.45) is 0 Å². The van der Waals surface area contributed by atoms with Crippen molar-refractivity contribution in [3.8, 4) is 17.6 Å². The molecule has 2 aromatic rings. The molecule has 118 valence electrons. The molecular weight excluding hydrogens is 316 g/mol. The molecule has 5 nitrogen and oxygen atoms in total. The molecule has 0 aliphatic rings. The SMILES string of the molecule is COc1ccccc1NC(=O)[C@H](C)Oc1ccc(C#N)cc1Cl. The maximum Gasteiger partial charge on any atom is 0.265 e. The van der Waals surface area contributed by atoms with E-state index in [0.29, 0.717) is 22.7 Å². The second-order valence-electron chi connectivity index (χ2n) is 4.71. The number of carbonyl (C=O) groups excluding carboxylic acids is 1. The highest BCUT2D eigenvalue weighted by atomic mass is 35.5. The minimum atomic E-state index is -0.773. The molecule has 0 fully saturated rings. The van der Waals surface area contributed by atoms with Gasteiger partial charge in [-0.25, -0.2) is 0 Å². The van der Waals surface area contributed by atoms with Gasteiger partial charge in [-0.2, -0.15) is 5.26 Å². The van der Waals surface area contributed by atoms with E-state index in [1.807, 2.05) is 12.1 Å². The summed E-state index contributed by atoms with van der Waals surface area (Å²) in [5.74, 6) is 0.563. The minimum absolute atomic E-state index is 0.279. The van der Waals surface area contributed by atoms with Gasteiger partial charge < -0.3 is 14.8 Å². The molecular formula is C17H15ClN2O3. The van der Waals surface area contributed by atoms with Gasteiger partial charge >= 0.3 is 0 Å². The molecule has 0 bridgehead atoms. The topological polar surface area (TPSA) is 71.3 Å². The quantitative estimate of drug-likeness (QED) is 0.908.